The number of fused-ring (bicyclic) bond motifs is 3. The first-order chi connectivity index (χ1) is 11.6. The Balaban J connectivity index is 0.00000182. The SMILES string of the molecule is CC(N)c1ccc(-c2c(O)ccc3[nH]c(=O)c4sccc4c23)cc1.Cl. The Morgan fingerprint density at radius 1 is 1.12 bits per heavy atom. The second-order valence-electron chi connectivity index (χ2n) is 5.91. The van der Waals surface area contributed by atoms with Crippen molar-refractivity contribution < 1.29 is 5.11 Å². The largest absolute Gasteiger partial charge is 0.507 e. The van der Waals surface area contributed by atoms with Crippen LogP contribution in [-0.2, 0) is 0 Å². The summed E-state index contributed by atoms with van der Waals surface area (Å²) in [5.41, 5.74) is 9.18. The van der Waals surface area contributed by atoms with E-state index in [9.17, 15) is 9.90 Å². The first-order valence-corrected chi connectivity index (χ1v) is 8.55. The number of phenolic OH excluding ortho intramolecular Hbond substituents is 1. The molecule has 2 aromatic heterocycles. The van der Waals surface area contributed by atoms with Crippen LogP contribution in [0.25, 0.3) is 32.1 Å². The molecule has 0 aliphatic rings. The van der Waals surface area contributed by atoms with E-state index in [4.69, 9.17) is 5.73 Å². The molecule has 4 nitrogen and oxygen atoms in total. The smallest absolute Gasteiger partial charge is 0.266 e. The van der Waals surface area contributed by atoms with E-state index in [1.54, 1.807) is 12.1 Å². The van der Waals surface area contributed by atoms with Crippen LogP contribution in [0.3, 0.4) is 0 Å². The van der Waals surface area contributed by atoms with Crippen LogP contribution in [-0.4, -0.2) is 10.1 Å². The molecule has 128 valence electrons. The molecule has 25 heavy (non-hydrogen) atoms. The maximum atomic E-state index is 12.2. The lowest BCUT2D eigenvalue weighted by Crippen LogP contribution is -2.05. The van der Waals surface area contributed by atoms with Gasteiger partial charge in [-0.3, -0.25) is 4.79 Å². The highest BCUT2D eigenvalue weighted by Gasteiger charge is 2.15. The lowest BCUT2D eigenvalue weighted by molar-refractivity contribution is 0.478. The van der Waals surface area contributed by atoms with Gasteiger partial charge in [-0.25, -0.2) is 0 Å². The molecule has 0 saturated carbocycles. The zero-order valence-corrected chi connectivity index (χ0v) is 15.1. The van der Waals surface area contributed by atoms with Gasteiger partial charge >= 0.3 is 0 Å². The highest BCUT2D eigenvalue weighted by Crippen LogP contribution is 2.39. The first-order valence-electron chi connectivity index (χ1n) is 7.67. The molecule has 1 atom stereocenters. The number of aromatic amines is 1. The maximum Gasteiger partial charge on any atom is 0.266 e. The standard InChI is InChI=1S/C19H16N2O2S.ClH/c1-10(20)11-2-4-12(5-3-11)16-15(22)7-6-14-17(16)13-8-9-24-18(13)19(23)21-14;/h2-10,22H,20H2,1H3,(H,21,23);1H. The number of phenols is 1. The fourth-order valence-corrected chi connectivity index (χ4v) is 3.88. The molecule has 0 bridgehead atoms. The average Bonchev–Trinajstić information content (AvgIpc) is 3.06. The van der Waals surface area contributed by atoms with Crippen molar-refractivity contribution in [1.29, 1.82) is 0 Å². The first kappa shape index (κ1) is 17.5. The molecular weight excluding hydrogens is 356 g/mol. The van der Waals surface area contributed by atoms with Gasteiger partial charge in [-0.15, -0.1) is 23.7 Å². The molecule has 0 fully saturated rings. The molecular formula is C19H17ClN2O2S. The fraction of sp³-hybridized carbons (Fsp3) is 0.105. The van der Waals surface area contributed by atoms with Gasteiger partial charge in [0.2, 0.25) is 0 Å². The summed E-state index contributed by atoms with van der Waals surface area (Å²) >= 11 is 1.40. The Bertz CT molecular complexity index is 1110. The molecule has 2 heterocycles. The van der Waals surface area contributed by atoms with Gasteiger partial charge in [0.05, 0.1) is 0 Å². The van der Waals surface area contributed by atoms with E-state index in [0.717, 1.165) is 33.0 Å². The van der Waals surface area contributed by atoms with E-state index in [1.165, 1.54) is 11.3 Å². The molecule has 0 radical (unpaired) electrons. The van der Waals surface area contributed by atoms with Crippen molar-refractivity contribution in [2.75, 3.05) is 0 Å². The number of thiophene rings is 1. The third-order valence-corrected chi connectivity index (χ3v) is 5.21. The Morgan fingerprint density at radius 3 is 2.52 bits per heavy atom. The minimum atomic E-state index is -0.101. The van der Waals surface area contributed by atoms with Crippen molar-refractivity contribution in [3.63, 3.8) is 0 Å². The van der Waals surface area contributed by atoms with Gasteiger partial charge in [0.25, 0.3) is 5.56 Å². The zero-order chi connectivity index (χ0) is 16.8. The summed E-state index contributed by atoms with van der Waals surface area (Å²) in [5, 5.41) is 14.1. The number of H-pyrrole nitrogens is 1. The monoisotopic (exact) mass is 372 g/mol. The molecule has 0 aliphatic heterocycles. The van der Waals surface area contributed by atoms with E-state index in [1.807, 2.05) is 42.6 Å². The second kappa shape index (κ2) is 6.52. The summed E-state index contributed by atoms with van der Waals surface area (Å²) in [4.78, 5) is 15.1. The molecule has 2 aromatic carbocycles. The number of halogens is 1. The predicted molar refractivity (Wildman–Crippen MR) is 107 cm³/mol. The Labute approximate surface area is 154 Å². The van der Waals surface area contributed by atoms with Crippen LogP contribution in [0.1, 0.15) is 18.5 Å². The lowest BCUT2D eigenvalue weighted by Gasteiger charge is -2.12. The molecule has 1 unspecified atom stereocenters. The van der Waals surface area contributed by atoms with Gasteiger partial charge in [-0.05, 0) is 41.6 Å². The van der Waals surface area contributed by atoms with Gasteiger partial charge in [0, 0.05) is 27.9 Å². The van der Waals surface area contributed by atoms with Gasteiger partial charge in [-0.1, -0.05) is 24.3 Å². The lowest BCUT2D eigenvalue weighted by atomic mass is 9.96. The quantitative estimate of drug-likeness (QED) is 0.482. The Hall–Kier alpha value is -2.34. The Kier molecular flexibility index (Phi) is 4.56. The number of rotatable bonds is 2. The highest BCUT2D eigenvalue weighted by atomic mass is 35.5. The summed E-state index contributed by atoms with van der Waals surface area (Å²) < 4.78 is 0.668. The summed E-state index contributed by atoms with van der Waals surface area (Å²) in [6.07, 6.45) is 0. The fourth-order valence-electron chi connectivity index (χ4n) is 3.08. The number of pyridine rings is 1. The number of hydrogen-bond acceptors (Lipinski definition) is 4. The maximum absolute atomic E-state index is 12.2. The van der Waals surface area contributed by atoms with Crippen LogP contribution in [0.2, 0.25) is 0 Å². The number of nitrogens with two attached hydrogens (primary N) is 1. The summed E-state index contributed by atoms with van der Waals surface area (Å²) in [6.45, 7) is 1.93. The number of hydrogen-bond donors (Lipinski definition) is 3. The van der Waals surface area contributed by atoms with Crippen LogP contribution in [0, 0.1) is 0 Å². The topological polar surface area (TPSA) is 79.1 Å². The predicted octanol–water partition coefficient (Wildman–Crippen LogP) is 4.56. The normalized spacial score (nSPS) is 12.2. The number of benzene rings is 2. The Morgan fingerprint density at radius 2 is 1.84 bits per heavy atom. The molecule has 6 heteroatoms. The number of aromatic hydroxyl groups is 1. The van der Waals surface area contributed by atoms with E-state index < -0.39 is 0 Å². The van der Waals surface area contributed by atoms with Crippen LogP contribution in [0.5, 0.6) is 5.75 Å². The van der Waals surface area contributed by atoms with Crippen molar-refractivity contribution in [3.05, 3.63) is 63.8 Å². The minimum Gasteiger partial charge on any atom is -0.507 e. The van der Waals surface area contributed by atoms with Crippen LogP contribution in [0.4, 0.5) is 0 Å². The van der Waals surface area contributed by atoms with E-state index in [0.29, 0.717) is 4.70 Å². The van der Waals surface area contributed by atoms with Gasteiger partial charge in [0.15, 0.2) is 0 Å². The third kappa shape index (κ3) is 2.80. The second-order valence-corrected chi connectivity index (χ2v) is 6.83. The van der Waals surface area contributed by atoms with Crippen LogP contribution >= 0.6 is 23.7 Å². The average molecular weight is 373 g/mol. The van der Waals surface area contributed by atoms with Gasteiger partial charge in [-0.2, -0.15) is 0 Å². The molecule has 4 N–H and O–H groups in total. The third-order valence-electron chi connectivity index (χ3n) is 4.30. The summed E-state index contributed by atoms with van der Waals surface area (Å²) in [5.74, 6) is 0.190. The zero-order valence-electron chi connectivity index (χ0n) is 13.4. The molecule has 4 rings (SSSR count). The van der Waals surface area contributed by atoms with E-state index >= 15 is 0 Å². The number of aromatic nitrogens is 1. The van der Waals surface area contributed by atoms with Crippen molar-refractivity contribution in [2.24, 2.45) is 5.73 Å². The van der Waals surface area contributed by atoms with Crippen LogP contribution < -0.4 is 11.3 Å². The van der Waals surface area contributed by atoms with Crippen molar-refractivity contribution in [3.8, 4) is 16.9 Å². The summed E-state index contributed by atoms with van der Waals surface area (Å²) in [6, 6.07) is 13.1. The van der Waals surface area contributed by atoms with Gasteiger partial charge in [0.1, 0.15) is 10.4 Å². The van der Waals surface area contributed by atoms with Crippen molar-refractivity contribution in [2.45, 2.75) is 13.0 Å². The highest BCUT2D eigenvalue weighted by molar-refractivity contribution is 7.17. The summed E-state index contributed by atoms with van der Waals surface area (Å²) in [7, 11) is 0. The van der Waals surface area contributed by atoms with Crippen LogP contribution in [0.15, 0.2) is 52.6 Å². The molecule has 0 amide bonds. The van der Waals surface area contributed by atoms with Crippen molar-refractivity contribution in [1.82, 2.24) is 4.98 Å². The molecule has 0 saturated heterocycles. The molecule has 0 aliphatic carbocycles. The van der Waals surface area contributed by atoms with E-state index in [2.05, 4.69) is 4.98 Å². The van der Waals surface area contributed by atoms with E-state index in [-0.39, 0.29) is 29.8 Å². The number of nitrogens with one attached hydrogen (secondary N) is 1. The van der Waals surface area contributed by atoms with Gasteiger partial charge < -0.3 is 15.8 Å². The minimum absolute atomic E-state index is 0. The molecule has 4 aromatic rings. The van der Waals surface area contributed by atoms with Crippen molar-refractivity contribution >= 4 is 44.7 Å². The molecule has 0 spiro atoms.